The minimum absolute atomic E-state index is 0. The number of hydrogen-bond donors (Lipinski definition) is 1. The fraction of sp³-hybridized carbons (Fsp3) is 0.400. The molecule has 1 aromatic rings. The second kappa shape index (κ2) is 4.62. The first-order valence-corrected chi connectivity index (χ1v) is 4.39. The first-order chi connectivity index (χ1) is 6.29. The third-order valence-electron chi connectivity index (χ3n) is 2.20. The summed E-state index contributed by atoms with van der Waals surface area (Å²) < 4.78 is 18.4. The van der Waals surface area contributed by atoms with Gasteiger partial charge in [0.25, 0.3) is 0 Å². The van der Waals surface area contributed by atoms with Gasteiger partial charge in [0.1, 0.15) is 17.7 Å². The molecule has 2 rings (SSSR count). The van der Waals surface area contributed by atoms with Crippen LogP contribution in [0.2, 0.25) is 0 Å². The van der Waals surface area contributed by atoms with Crippen LogP contribution in [0.15, 0.2) is 18.2 Å². The first-order valence-electron chi connectivity index (χ1n) is 4.39. The van der Waals surface area contributed by atoms with Crippen molar-refractivity contribution < 1.29 is 9.13 Å². The molecule has 0 saturated heterocycles. The van der Waals surface area contributed by atoms with E-state index in [1.165, 1.54) is 6.07 Å². The van der Waals surface area contributed by atoms with E-state index in [0.29, 0.717) is 0 Å². The van der Waals surface area contributed by atoms with Gasteiger partial charge in [-0.15, -0.1) is 12.4 Å². The normalized spacial score (nSPS) is 18.3. The van der Waals surface area contributed by atoms with Gasteiger partial charge in [-0.25, -0.2) is 4.39 Å². The molecule has 0 radical (unpaired) electrons. The number of nitrogens with one attached hydrogen (secondary N) is 1. The predicted molar refractivity (Wildman–Crippen MR) is 55.7 cm³/mol. The summed E-state index contributed by atoms with van der Waals surface area (Å²) in [5.74, 6) is 0.633. The zero-order valence-corrected chi connectivity index (χ0v) is 8.73. The highest BCUT2D eigenvalue weighted by Gasteiger charge is 2.22. The van der Waals surface area contributed by atoms with Crippen LogP contribution in [-0.4, -0.2) is 19.7 Å². The lowest BCUT2D eigenvalue weighted by Crippen LogP contribution is -2.27. The van der Waals surface area contributed by atoms with Crippen molar-refractivity contribution in [3.8, 4) is 5.75 Å². The maximum atomic E-state index is 12.8. The molecule has 1 atom stereocenters. The zero-order valence-electron chi connectivity index (χ0n) is 7.92. The largest absolute Gasteiger partial charge is 0.488 e. The monoisotopic (exact) mass is 217 g/mol. The van der Waals surface area contributed by atoms with E-state index in [1.54, 1.807) is 12.1 Å². The number of ether oxygens (including phenoxy) is 1. The number of likely N-dealkylation sites (N-methyl/N-ethyl adjacent to an activating group) is 1. The molecule has 0 amide bonds. The van der Waals surface area contributed by atoms with Gasteiger partial charge in [-0.2, -0.15) is 0 Å². The highest BCUT2D eigenvalue weighted by atomic mass is 35.5. The Bertz CT molecular complexity index is 319. The van der Waals surface area contributed by atoms with E-state index in [2.05, 4.69) is 5.32 Å². The summed E-state index contributed by atoms with van der Waals surface area (Å²) in [6.45, 7) is 0.802. The maximum absolute atomic E-state index is 12.8. The van der Waals surface area contributed by atoms with Gasteiger partial charge < -0.3 is 10.1 Å². The molecule has 1 aliphatic rings. The lowest BCUT2D eigenvalue weighted by Gasteiger charge is -2.08. The Morgan fingerprint density at radius 1 is 1.57 bits per heavy atom. The van der Waals surface area contributed by atoms with Gasteiger partial charge in [-0.1, -0.05) is 0 Å². The minimum atomic E-state index is -0.188. The molecule has 1 N–H and O–H groups in total. The van der Waals surface area contributed by atoms with E-state index < -0.39 is 0 Å². The summed E-state index contributed by atoms with van der Waals surface area (Å²) in [6, 6.07) is 4.67. The van der Waals surface area contributed by atoms with Crippen LogP contribution in [0.25, 0.3) is 0 Å². The van der Waals surface area contributed by atoms with Crippen molar-refractivity contribution in [2.24, 2.45) is 0 Å². The van der Waals surface area contributed by atoms with Crippen molar-refractivity contribution in [2.45, 2.75) is 12.5 Å². The molecule has 0 saturated carbocycles. The quantitative estimate of drug-likeness (QED) is 0.816. The van der Waals surface area contributed by atoms with Crippen molar-refractivity contribution >= 4 is 12.4 Å². The lowest BCUT2D eigenvalue weighted by molar-refractivity contribution is 0.231. The molecule has 0 aromatic heterocycles. The molecule has 1 unspecified atom stereocenters. The molecule has 0 aliphatic carbocycles. The topological polar surface area (TPSA) is 21.3 Å². The maximum Gasteiger partial charge on any atom is 0.123 e. The van der Waals surface area contributed by atoms with Crippen molar-refractivity contribution in [1.82, 2.24) is 5.32 Å². The Morgan fingerprint density at radius 2 is 2.36 bits per heavy atom. The first kappa shape index (κ1) is 11.3. The van der Waals surface area contributed by atoms with Crippen molar-refractivity contribution in [2.75, 3.05) is 13.6 Å². The molecule has 1 aliphatic heterocycles. The second-order valence-electron chi connectivity index (χ2n) is 3.25. The minimum Gasteiger partial charge on any atom is -0.488 e. The van der Waals surface area contributed by atoms with E-state index in [9.17, 15) is 4.39 Å². The fourth-order valence-corrected chi connectivity index (χ4v) is 1.63. The molecule has 4 heteroatoms. The van der Waals surface area contributed by atoms with Crippen molar-refractivity contribution in [1.29, 1.82) is 0 Å². The molecule has 0 bridgehead atoms. The summed E-state index contributed by atoms with van der Waals surface area (Å²) in [5, 5.41) is 3.04. The average Bonchev–Trinajstić information content (AvgIpc) is 2.46. The van der Waals surface area contributed by atoms with E-state index in [4.69, 9.17) is 4.74 Å². The van der Waals surface area contributed by atoms with E-state index in [0.717, 1.165) is 24.3 Å². The Labute approximate surface area is 88.9 Å². The molecule has 0 spiro atoms. The van der Waals surface area contributed by atoms with Crippen LogP contribution < -0.4 is 10.1 Å². The summed E-state index contributed by atoms with van der Waals surface area (Å²) in [7, 11) is 1.88. The Balaban J connectivity index is 0.000000980. The zero-order chi connectivity index (χ0) is 9.26. The Morgan fingerprint density at radius 3 is 3.07 bits per heavy atom. The standard InChI is InChI=1S/C10H12FNO.ClH/c1-12-6-9-5-7-4-8(11)2-3-10(7)13-9;/h2-4,9,12H,5-6H2,1H3;1H. The van der Waals surface area contributed by atoms with Crippen LogP contribution in [0.4, 0.5) is 4.39 Å². The lowest BCUT2D eigenvalue weighted by atomic mass is 10.1. The number of benzene rings is 1. The van der Waals surface area contributed by atoms with Crippen molar-refractivity contribution in [3.63, 3.8) is 0 Å². The number of halogens is 2. The second-order valence-corrected chi connectivity index (χ2v) is 3.25. The molecule has 2 nitrogen and oxygen atoms in total. The van der Waals surface area contributed by atoms with Crippen LogP contribution in [0.3, 0.4) is 0 Å². The summed E-state index contributed by atoms with van der Waals surface area (Å²) in [5.41, 5.74) is 0.972. The van der Waals surface area contributed by atoms with Gasteiger partial charge >= 0.3 is 0 Å². The van der Waals surface area contributed by atoms with E-state index in [1.807, 2.05) is 7.05 Å². The molecule has 1 aromatic carbocycles. The highest BCUT2D eigenvalue weighted by Crippen LogP contribution is 2.28. The molecule has 1 heterocycles. The van der Waals surface area contributed by atoms with Crippen LogP contribution >= 0.6 is 12.4 Å². The highest BCUT2D eigenvalue weighted by molar-refractivity contribution is 5.85. The number of hydrogen-bond acceptors (Lipinski definition) is 2. The van der Waals surface area contributed by atoms with Gasteiger partial charge in [0.2, 0.25) is 0 Å². The van der Waals surface area contributed by atoms with Gasteiger partial charge in [0, 0.05) is 18.5 Å². The molecule has 0 fully saturated rings. The predicted octanol–water partition coefficient (Wildman–Crippen LogP) is 1.77. The molecular formula is C10H13ClFNO. The van der Waals surface area contributed by atoms with E-state index >= 15 is 0 Å². The number of rotatable bonds is 2. The molecule has 78 valence electrons. The van der Waals surface area contributed by atoms with Crippen molar-refractivity contribution in [3.05, 3.63) is 29.6 Å². The van der Waals surface area contributed by atoms with Gasteiger partial charge in [-0.3, -0.25) is 0 Å². The Hall–Kier alpha value is -0.800. The number of fused-ring (bicyclic) bond motifs is 1. The Kier molecular flexibility index (Phi) is 3.72. The van der Waals surface area contributed by atoms with Gasteiger partial charge in [0.15, 0.2) is 0 Å². The summed E-state index contributed by atoms with van der Waals surface area (Å²) >= 11 is 0. The van der Waals surface area contributed by atoms with Crippen LogP contribution in [0.5, 0.6) is 5.75 Å². The van der Waals surface area contributed by atoms with Gasteiger partial charge in [0.05, 0.1) is 0 Å². The third kappa shape index (κ3) is 2.16. The fourth-order valence-electron chi connectivity index (χ4n) is 1.63. The van der Waals surface area contributed by atoms with Crippen LogP contribution in [-0.2, 0) is 6.42 Å². The summed E-state index contributed by atoms with van der Waals surface area (Å²) in [6.07, 6.45) is 0.954. The average molecular weight is 218 g/mol. The van der Waals surface area contributed by atoms with Crippen LogP contribution in [0, 0.1) is 5.82 Å². The molecule has 14 heavy (non-hydrogen) atoms. The smallest absolute Gasteiger partial charge is 0.123 e. The summed E-state index contributed by atoms with van der Waals surface area (Å²) in [4.78, 5) is 0. The SMILES string of the molecule is CNCC1Cc2cc(F)ccc2O1.Cl. The van der Waals surface area contributed by atoms with Gasteiger partial charge in [-0.05, 0) is 25.2 Å². The van der Waals surface area contributed by atoms with Crippen LogP contribution in [0.1, 0.15) is 5.56 Å². The molecular weight excluding hydrogens is 205 g/mol. The van der Waals surface area contributed by atoms with E-state index in [-0.39, 0.29) is 24.3 Å². The third-order valence-corrected chi connectivity index (χ3v) is 2.20.